The van der Waals surface area contributed by atoms with Crippen molar-refractivity contribution in [2.24, 2.45) is 0 Å². The van der Waals surface area contributed by atoms with Gasteiger partial charge in [-0.1, -0.05) is 0 Å². The van der Waals surface area contributed by atoms with Gasteiger partial charge in [0.25, 0.3) is 0 Å². The van der Waals surface area contributed by atoms with Crippen molar-refractivity contribution < 1.29 is 19.5 Å². The maximum Gasteiger partial charge on any atom is 0 e. The first kappa shape index (κ1) is 11.9. The third kappa shape index (κ3) is 5.28. The van der Waals surface area contributed by atoms with E-state index in [0.717, 1.165) is 0 Å². The largest absolute Gasteiger partial charge is 0 e. The molecule has 0 saturated carbocycles. The Hall–Kier alpha value is 1.14. The van der Waals surface area contributed by atoms with Crippen molar-refractivity contribution in [3.05, 3.63) is 0 Å². The molecular weight excluding hydrogens is 216 g/mol. The Morgan fingerprint density at radius 2 is 1.25 bits per heavy atom. The van der Waals surface area contributed by atoms with Crippen LogP contribution in [0.2, 0.25) is 22.3 Å². The first-order chi connectivity index (χ1) is 3.12. The molecule has 0 aromatic rings. The van der Waals surface area contributed by atoms with Crippen LogP contribution in [-0.4, -0.2) is 12.8 Å². The standard InChI is InChI=1S/C6H16Se.Zn/c1-5-7(3,4)6-2;/h5-6H2,1-4H3;. The Kier molecular flexibility index (Phi) is 7.38. The zero-order valence-corrected chi connectivity index (χ0v) is 11.2. The summed E-state index contributed by atoms with van der Waals surface area (Å²) in [6.07, 6.45) is 0. The Balaban J connectivity index is 0. The molecule has 48 valence electrons. The molecule has 0 atom stereocenters. The molecule has 0 heterocycles. The Morgan fingerprint density at radius 3 is 1.25 bits per heavy atom. The van der Waals surface area contributed by atoms with Crippen molar-refractivity contribution in [2.75, 3.05) is 0 Å². The molecule has 0 saturated heterocycles. The molecule has 0 aromatic heterocycles. The van der Waals surface area contributed by atoms with E-state index in [9.17, 15) is 0 Å². The zero-order chi connectivity index (χ0) is 5.91. The molecule has 0 spiro atoms. The van der Waals surface area contributed by atoms with E-state index in [1.54, 1.807) is 0 Å². The molecule has 0 rings (SSSR count). The van der Waals surface area contributed by atoms with Crippen LogP contribution < -0.4 is 0 Å². The normalized spacial score (nSPS) is 12.5. The summed E-state index contributed by atoms with van der Waals surface area (Å²) in [5, 5.41) is 2.90. The summed E-state index contributed by atoms with van der Waals surface area (Å²) in [5.41, 5.74) is 0. The van der Waals surface area contributed by atoms with Gasteiger partial charge >= 0.3 is 49.0 Å². The minimum Gasteiger partial charge on any atom is 0 e. The molecule has 0 bridgehead atoms. The summed E-state index contributed by atoms with van der Waals surface area (Å²) in [5.74, 6) is 4.91. The van der Waals surface area contributed by atoms with Gasteiger partial charge in [-0.3, -0.25) is 0 Å². The molecule has 0 aliphatic heterocycles. The summed E-state index contributed by atoms with van der Waals surface area (Å²) in [6.45, 7) is 4.62. The van der Waals surface area contributed by atoms with Gasteiger partial charge in [-0.05, 0) is 0 Å². The van der Waals surface area contributed by atoms with E-state index >= 15 is 0 Å². The van der Waals surface area contributed by atoms with E-state index in [0.29, 0.717) is 0 Å². The van der Waals surface area contributed by atoms with Gasteiger partial charge in [0, 0.05) is 19.5 Å². The molecule has 0 nitrogen and oxygen atoms in total. The van der Waals surface area contributed by atoms with E-state index in [1.807, 2.05) is 0 Å². The Morgan fingerprint density at radius 1 is 1.00 bits per heavy atom. The van der Waals surface area contributed by atoms with E-state index in [2.05, 4.69) is 25.5 Å². The quantitative estimate of drug-likeness (QED) is 0.642. The summed E-state index contributed by atoms with van der Waals surface area (Å²) in [4.78, 5) is 0. The third-order valence-corrected chi connectivity index (χ3v) is 8.12. The summed E-state index contributed by atoms with van der Waals surface area (Å²) < 4.78 is 0. The van der Waals surface area contributed by atoms with Gasteiger partial charge in [-0.2, -0.15) is 0 Å². The molecule has 0 radical (unpaired) electrons. The van der Waals surface area contributed by atoms with E-state index in [4.69, 9.17) is 0 Å². The van der Waals surface area contributed by atoms with Crippen molar-refractivity contribution in [1.82, 2.24) is 0 Å². The van der Waals surface area contributed by atoms with Gasteiger partial charge < -0.3 is 0 Å². The van der Waals surface area contributed by atoms with Crippen LogP contribution in [0.4, 0.5) is 0 Å². The van der Waals surface area contributed by atoms with Gasteiger partial charge in [0.15, 0.2) is 0 Å². The van der Waals surface area contributed by atoms with E-state index in [-0.39, 0.29) is 19.5 Å². The van der Waals surface area contributed by atoms with Crippen molar-refractivity contribution in [3.8, 4) is 0 Å². The predicted molar refractivity (Wildman–Crippen MR) is 38.4 cm³/mol. The number of rotatable bonds is 2. The molecule has 0 aliphatic carbocycles. The molecule has 0 aliphatic rings. The molecular formula is C6H16SeZn. The molecule has 0 fully saturated rings. The van der Waals surface area contributed by atoms with Crippen molar-refractivity contribution in [1.29, 1.82) is 0 Å². The Bertz CT molecular complexity index is 46.5. The van der Waals surface area contributed by atoms with E-state index < -0.39 is 12.8 Å². The minimum absolute atomic E-state index is 0. The Labute approximate surface area is 68.4 Å². The second kappa shape index (κ2) is 4.97. The maximum absolute atomic E-state index is 2.45. The molecule has 2 heteroatoms. The smallest absolute Gasteiger partial charge is 0 e. The van der Waals surface area contributed by atoms with Crippen molar-refractivity contribution in [2.45, 2.75) is 36.1 Å². The predicted octanol–water partition coefficient (Wildman–Crippen LogP) is 2.73. The first-order valence-electron chi connectivity index (χ1n) is 2.81. The summed E-state index contributed by atoms with van der Waals surface area (Å²) in [7, 11) is 0. The van der Waals surface area contributed by atoms with Crippen LogP contribution in [0.3, 0.4) is 0 Å². The second-order valence-electron chi connectivity index (χ2n) is 2.34. The monoisotopic (exact) mass is 232 g/mol. The second-order valence-corrected chi connectivity index (χ2v) is 12.2. The van der Waals surface area contributed by atoms with Crippen molar-refractivity contribution in [3.63, 3.8) is 0 Å². The summed E-state index contributed by atoms with van der Waals surface area (Å²) >= 11 is -0.806. The van der Waals surface area contributed by atoms with E-state index in [1.165, 1.54) is 10.6 Å². The third-order valence-electron chi connectivity index (χ3n) is 1.56. The van der Waals surface area contributed by atoms with Gasteiger partial charge in [0.1, 0.15) is 0 Å². The van der Waals surface area contributed by atoms with Crippen LogP contribution in [-0.2, 0) is 19.5 Å². The zero-order valence-electron chi connectivity index (χ0n) is 6.53. The fourth-order valence-corrected chi connectivity index (χ4v) is 1.06. The number of hydrogen-bond acceptors (Lipinski definition) is 0. The van der Waals surface area contributed by atoms with Crippen LogP contribution >= 0.6 is 0 Å². The van der Waals surface area contributed by atoms with Gasteiger partial charge in [-0.15, -0.1) is 0 Å². The fraction of sp³-hybridized carbons (Fsp3) is 1.00. The van der Waals surface area contributed by atoms with Crippen LogP contribution in [0.25, 0.3) is 0 Å². The van der Waals surface area contributed by atoms with Gasteiger partial charge in [0.2, 0.25) is 0 Å². The molecule has 0 unspecified atom stereocenters. The molecule has 0 N–H and O–H groups in total. The van der Waals surface area contributed by atoms with Crippen molar-refractivity contribution >= 4 is 12.8 Å². The molecule has 8 heavy (non-hydrogen) atoms. The summed E-state index contributed by atoms with van der Waals surface area (Å²) in [6, 6.07) is 0. The first-order valence-corrected chi connectivity index (χ1v) is 8.66. The average Bonchev–Trinajstić information content (AvgIpc) is 1.68. The van der Waals surface area contributed by atoms with Gasteiger partial charge in [0.05, 0.1) is 0 Å². The topological polar surface area (TPSA) is 0 Å². The van der Waals surface area contributed by atoms with Crippen LogP contribution in [0.15, 0.2) is 0 Å². The average molecular weight is 233 g/mol. The van der Waals surface area contributed by atoms with Crippen LogP contribution in [0.1, 0.15) is 13.8 Å². The fourth-order valence-electron chi connectivity index (χ4n) is 0.204. The van der Waals surface area contributed by atoms with Gasteiger partial charge in [-0.25, -0.2) is 0 Å². The van der Waals surface area contributed by atoms with Crippen LogP contribution in [0.5, 0.6) is 0 Å². The maximum atomic E-state index is 2.45. The molecule has 0 aromatic carbocycles. The number of hydrogen-bond donors (Lipinski definition) is 0. The SMILES string of the molecule is CC[Se](C)(C)CC.[Zn]. The minimum atomic E-state index is -0.806. The van der Waals surface area contributed by atoms with Crippen LogP contribution in [0, 0.1) is 0 Å². The molecule has 0 amide bonds.